The fourth-order valence-electron chi connectivity index (χ4n) is 2.28. The summed E-state index contributed by atoms with van der Waals surface area (Å²) < 4.78 is 37.5. The molecule has 0 saturated heterocycles. The Kier molecular flexibility index (Phi) is 4.52. The maximum absolute atomic E-state index is 12.5. The molecule has 3 nitrogen and oxygen atoms in total. The van der Waals surface area contributed by atoms with E-state index in [1.807, 2.05) is 24.3 Å². The van der Waals surface area contributed by atoms with Crippen LogP contribution < -0.4 is 5.32 Å². The van der Waals surface area contributed by atoms with Crippen molar-refractivity contribution in [1.29, 1.82) is 0 Å². The van der Waals surface area contributed by atoms with Crippen molar-refractivity contribution in [2.45, 2.75) is 6.18 Å². The Morgan fingerprint density at radius 2 is 1.76 bits per heavy atom. The molecular formula is C19H13F3N2O. The van der Waals surface area contributed by atoms with Crippen LogP contribution in [-0.2, 0) is 11.0 Å². The standard InChI is InChI=1S/C19H13F3N2O/c20-19(21,22)15-8-5-13(6-9-15)7-10-18(25)24-16-11-14-3-1-2-4-17(14)23-12-16/h1-12H,(H,24,25)/b10-7-. The Morgan fingerprint density at radius 3 is 2.48 bits per heavy atom. The molecule has 1 N–H and O–H groups in total. The number of para-hydroxylation sites is 1. The molecule has 0 unspecified atom stereocenters. The number of carbonyl (C=O) groups excluding carboxylic acids is 1. The van der Waals surface area contributed by atoms with Gasteiger partial charge < -0.3 is 5.32 Å². The molecule has 126 valence electrons. The van der Waals surface area contributed by atoms with Crippen molar-refractivity contribution in [1.82, 2.24) is 4.98 Å². The molecule has 3 rings (SSSR count). The van der Waals surface area contributed by atoms with Crippen LogP contribution >= 0.6 is 0 Å². The lowest BCUT2D eigenvalue weighted by molar-refractivity contribution is -0.137. The zero-order valence-corrected chi connectivity index (χ0v) is 12.9. The number of benzene rings is 2. The molecule has 0 bridgehead atoms. The number of carbonyl (C=O) groups is 1. The van der Waals surface area contributed by atoms with Gasteiger partial charge in [0.15, 0.2) is 0 Å². The zero-order valence-electron chi connectivity index (χ0n) is 12.9. The molecule has 0 aliphatic carbocycles. The molecule has 0 atom stereocenters. The monoisotopic (exact) mass is 342 g/mol. The highest BCUT2D eigenvalue weighted by atomic mass is 19.4. The van der Waals surface area contributed by atoms with Crippen molar-refractivity contribution in [3.63, 3.8) is 0 Å². The molecule has 0 aliphatic heterocycles. The first kappa shape index (κ1) is 16.7. The highest BCUT2D eigenvalue weighted by Crippen LogP contribution is 2.29. The first-order chi connectivity index (χ1) is 11.9. The van der Waals surface area contributed by atoms with Gasteiger partial charge in [-0.1, -0.05) is 30.3 Å². The number of fused-ring (bicyclic) bond motifs is 1. The number of hydrogen-bond acceptors (Lipinski definition) is 2. The first-order valence-electron chi connectivity index (χ1n) is 7.43. The zero-order chi connectivity index (χ0) is 17.9. The van der Waals surface area contributed by atoms with Gasteiger partial charge in [0, 0.05) is 11.5 Å². The summed E-state index contributed by atoms with van der Waals surface area (Å²) in [7, 11) is 0. The number of pyridine rings is 1. The number of hydrogen-bond donors (Lipinski definition) is 1. The Labute approximate surface area is 141 Å². The Bertz CT molecular complexity index is 931. The van der Waals surface area contributed by atoms with Gasteiger partial charge in [-0.3, -0.25) is 9.78 Å². The largest absolute Gasteiger partial charge is 0.416 e. The number of aromatic nitrogens is 1. The second-order valence-corrected chi connectivity index (χ2v) is 5.36. The number of amides is 1. The topological polar surface area (TPSA) is 42.0 Å². The fraction of sp³-hybridized carbons (Fsp3) is 0.0526. The summed E-state index contributed by atoms with van der Waals surface area (Å²) in [6.07, 6.45) is -0.114. The molecule has 3 aromatic rings. The van der Waals surface area contributed by atoms with E-state index in [-0.39, 0.29) is 0 Å². The SMILES string of the molecule is O=C(/C=C\c1ccc(C(F)(F)F)cc1)Nc1cnc2ccccc2c1. The molecule has 25 heavy (non-hydrogen) atoms. The molecule has 6 heteroatoms. The third-order valence-electron chi connectivity index (χ3n) is 3.52. The van der Waals surface area contributed by atoms with Crippen molar-refractivity contribution in [2.24, 2.45) is 0 Å². The number of nitrogens with zero attached hydrogens (tertiary/aromatic N) is 1. The lowest BCUT2D eigenvalue weighted by Crippen LogP contribution is -2.08. The molecule has 0 aliphatic rings. The van der Waals surface area contributed by atoms with Crippen LogP contribution in [0, 0.1) is 0 Å². The average molecular weight is 342 g/mol. The predicted octanol–water partition coefficient (Wildman–Crippen LogP) is 4.91. The van der Waals surface area contributed by atoms with E-state index in [1.54, 1.807) is 12.3 Å². The van der Waals surface area contributed by atoms with Crippen LogP contribution in [0.25, 0.3) is 17.0 Å². The third-order valence-corrected chi connectivity index (χ3v) is 3.52. The van der Waals surface area contributed by atoms with Crippen molar-refractivity contribution in [2.75, 3.05) is 5.32 Å². The van der Waals surface area contributed by atoms with Gasteiger partial charge in [0.25, 0.3) is 0 Å². The van der Waals surface area contributed by atoms with E-state index < -0.39 is 17.6 Å². The molecule has 2 aromatic carbocycles. The van der Waals surface area contributed by atoms with Crippen LogP contribution in [-0.4, -0.2) is 10.9 Å². The fourth-order valence-corrected chi connectivity index (χ4v) is 2.28. The summed E-state index contributed by atoms with van der Waals surface area (Å²) in [6.45, 7) is 0. The smallest absolute Gasteiger partial charge is 0.321 e. The van der Waals surface area contributed by atoms with Gasteiger partial charge in [-0.15, -0.1) is 0 Å². The molecule has 0 spiro atoms. The number of rotatable bonds is 3. The summed E-state index contributed by atoms with van der Waals surface area (Å²) >= 11 is 0. The predicted molar refractivity (Wildman–Crippen MR) is 90.9 cm³/mol. The lowest BCUT2D eigenvalue weighted by atomic mass is 10.1. The van der Waals surface area contributed by atoms with Crippen LogP contribution in [0.3, 0.4) is 0 Å². The maximum atomic E-state index is 12.5. The van der Waals surface area contributed by atoms with Gasteiger partial charge >= 0.3 is 6.18 Å². The second kappa shape index (κ2) is 6.76. The molecule has 0 saturated carbocycles. The molecule has 1 aromatic heterocycles. The van der Waals surface area contributed by atoms with Gasteiger partial charge in [-0.25, -0.2) is 0 Å². The Balaban J connectivity index is 1.67. The Morgan fingerprint density at radius 1 is 1.04 bits per heavy atom. The molecule has 1 heterocycles. The summed E-state index contributed by atoms with van der Waals surface area (Å²) in [5.41, 5.74) is 1.14. The minimum absolute atomic E-state index is 0.392. The number of halogens is 3. The number of anilines is 1. The summed E-state index contributed by atoms with van der Waals surface area (Å²) in [5, 5.41) is 3.57. The highest BCUT2D eigenvalue weighted by Gasteiger charge is 2.29. The van der Waals surface area contributed by atoms with E-state index in [9.17, 15) is 18.0 Å². The number of alkyl halides is 3. The van der Waals surface area contributed by atoms with Gasteiger partial charge in [0.05, 0.1) is 23.0 Å². The van der Waals surface area contributed by atoms with E-state index in [4.69, 9.17) is 0 Å². The van der Waals surface area contributed by atoms with Crippen LogP contribution in [0.4, 0.5) is 18.9 Å². The minimum Gasteiger partial charge on any atom is -0.321 e. The van der Waals surface area contributed by atoms with Gasteiger partial charge in [-0.2, -0.15) is 13.2 Å². The number of nitrogens with one attached hydrogen (secondary N) is 1. The lowest BCUT2D eigenvalue weighted by Gasteiger charge is -2.06. The summed E-state index contributed by atoms with van der Waals surface area (Å²) in [5.74, 6) is -0.392. The van der Waals surface area contributed by atoms with E-state index in [1.165, 1.54) is 24.3 Å². The quantitative estimate of drug-likeness (QED) is 0.688. The van der Waals surface area contributed by atoms with Crippen LogP contribution in [0.2, 0.25) is 0 Å². The van der Waals surface area contributed by atoms with Crippen molar-refractivity contribution >= 4 is 28.6 Å². The Hall–Kier alpha value is -3.15. The summed E-state index contributed by atoms with van der Waals surface area (Å²) in [6, 6.07) is 13.9. The molecule has 0 fully saturated rings. The van der Waals surface area contributed by atoms with Crippen molar-refractivity contribution < 1.29 is 18.0 Å². The normalized spacial score (nSPS) is 11.8. The van der Waals surface area contributed by atoms with Crippen LogP contribution in [0.1, 0.15) is 11.1 Å². The first-order valence-corrected chi connectivity index (χ1v) is 7.43. The average Bonchev–Trinajstić information content (AvgIpc) is 2.59. The molecule has 0 radical (unpaired) electrons. The maximum Gasteiger partial charge on any atom is 0.416 e. The van der Waals surface area contributed by atoms with E-state index >= 15 is 0 Å². The minimum atomic E-state index is -4.37. The molecular weight excluding hydrogens is 329 g/mol. The van der Waals surface area contributed by atoms with E-state index in [0.717, 1.165) is 23.0 Å². The third kappa shape index (κ3) is 4.23. The summed E-state index contributed by atoms with van der Waals surface area (Å²) in [4.78, 5) is 16.2. The van der Waals surface area contributed by atoms with Crippen molar-refractivity contribution in [3.8, 4) is 0 Å². The second-order valence-electron chi connectivity index (χ2n) is 5.36. The molecule has 1 amide bonds. The van der Waals surface area contributed by atoms with Gasteiger partial charge in [0.1, 0.15) is 0 Å². The van der Waals surface area contributed by atoms with Crippen molar-refractivity contribution in [3.05, 3.63) is 78.0 Å². The van der Waals surface area contributed by atoms with Crippen LogP contribution in [0.5, 0.6) is 0 Å². The van der Waals surface area contributed by atoms with E-state index in [0.29, 0.717) is 11.3 Å². The van der Waals surface area contributed by atoms with E-state index in [2.05, 4.69) is 10.3 Å². The van der Waals surface area contributed by atoms with Gasteiger partial charge in [-0.05, 0) is 35.9 Å². The van der Waals surface area contributed by atoms with Gasteiger partial charge in [0.2, 0.25) is 5.91 Å². The highest BCUT2D eigenvalue weighted by molar-refractivity contribution is 6.02. The van der Waals surface area contributed by atoms with Crippen LogP contribution in [0.15, 0.2) is 66.9 Å².